The summed E-state index contributed by atoms with van der Waals surface area (Å²) in [7, 11) is 0. The minimum absolute atomic E-state index is 0.0618. The maximum Gasteiger partial charge on any atom is 0.290 e. The minimum Gasteiger partial charge on any atom is -0.503 e. The number of aliphatic hydroxyl groups is 2. The zero-order valence-electron chi connectivity index (χ0n) is 12.8. The van der Waals surface area contributed by atoms with Crippen LogP contribution in [0.4, 0.5) is 0 Å². The molecule has 1 aliphatic rings. The van der Waals surface area contributed by atoms with Gasteiger partial charge in [-0.2, -0.15) is 0 Å². The molecular weight excluding hydrogens is 364 g/mol. The van der Waals surface area contributed by atoms with Crippen molar-refractivity contribution in [3.05, 3.63) is 45.6 Å². The van der Waals surface area contributed by atoms with Crippen LogP contribution in [-0.2, 0) is 9.59 Å². The van der Waals surface area contributed by atoms with Gasteiger partial charge < -0.3 is 20.4 Å². The number of nitrogens with zero attached hydrogens (tertiary/aromatic N) is 1. The first-order chi connectivity index (χ1) is 11.0. The summed E-state index contributed by atoms with van der Waals surface area (Å²) in [6.07, 6.45) is 0. The largest absolute Gasteiger partial charge is 0.503 e. The van der Waals surface area contributed by atoms with E-state index in [1.807, 2.05) is 29.6 Å². The molecule has 1 aromatic rings. The van der Waals surface area contributed by atoms with E-state index in [0.29, 0.717) is 19.6 Å². The predicted octanol–water partition coefficient (Wildman–Crippen LogP) is 0.289. The van der Waals surface area contributed by atoms with Crippen molar-refractivity contribution in [2.45, 2.75) is 13.0 Å². The van der Waals surface area contributed by atoms with Gasteiger partial charge in [-0.3, -0.25) is 9.59 Å². The highest BCUT2D eigenvalue weighted by Gasteiger charge is 2.42. The molecule has 0 fully saturated rings. The lowest BCUT2D eigenvalue weighted by Gasteiger charge is -2.26. The van der Waals surface area contributed by atoms with Crippen LogP contribution in [0, 0.1) is 0 Å². The molecule has 23 heavy (non-hydrogen) atoms. The fourth-order valence-corrected chi connectivity index (χ4v) is 2.97. The molecule has 0 unspecified atom stereocenters. The van der Waals surface area contributed by atoms with Crippen LogP contribution in [0.1, 0.15) is 18.5 Å². The molecule has 6 nitrogen and oxygen atoms in total. The van der Waals surface area contributed by atoms with Crippen LogP contribution >= 0.6 is 15.9 Å². The van der Waals surface area contributed by atoms with Crippen LogP contribution < -0.4 is 5.32 Å². The van der Waals surface area contributed by atoms with Gasteiger partial charge in [0.25, 0.3) is 5.91 Å². The molecule has 1 aromatic carbocycles. The molecule has 124 valence electrons. The molecule has 0 aromatic heterocycles. The van der Waals surface area contributed by atoms with E-state index in [4.69, 9.17) is 5.11 Å². The number of hydrogen-bond acceptors (Lipinski definition) is 4. The first-order valence-corrected chi connectivity index (χ1v) is 8.19. The summed E-state index contributed by atoms with van der Waals surface area (Å²) in [5.74, 6) is -1.31. The maximum absolute atomic E-state index is 12.3. The van der Waals surface area contributed by atoms with Crippen LogP contribution in [0.2, 0.25) is 0 Å². The van der Waals surface area contributed by atoms with Gasteiger partial charge in [0.05, 0.1) is 37.9 Å². The quantitative estimate of drug-likeness (QED) is 0.589. The molecule has 1 amide bonds. The molecule has 1 aliphatic heterocycles. The van der Waals surface area contributed by atoms with Gasteiger partial charge in [0.15, 0.2) is 11.5 Å². The zero-order valence-corrected chi connectivity index (χ0v) is 14.4. The maximum atomic E-state index is 12.3. The monoisotopic (exact) mass is 383 g/mol. The van der Waals surface area contributed by atoms with Crippen molar-refractivity contribution in [2.24, 2.45) is 0 Å². The van der Waals surface area contributed by atoms with Crippen LogP contribution in [0.3, 0.4) is 0 Å². The lowest BCUT2D eigenvalue weighted by atomic mass is 9.97. The molecule has 0 spiro atoms. The summed E-state index contributed by atoms with van der Waals surface area (Å²) in [5.41, 5.74) is 0.914. The number of hydrogen-bond donors (Lipinski definition) is 3. The third-order valence-electron chi connectivity index (χ3n) is 3.78. The first kappa shape index (κ1) is 17.7. The minimum atomic E-state index is -0.573. The van der Waals surface area contributed by atoms with E-state index in [0.717, 1.165) is 10.0 Å². The topological polar surface area (TPSA) is 94.5 Å². The van der Waals surface area contributed by atoms with Crippen molar-refractivity contribution < 1.29 is 25.1 Å². The summed E-state index contributed by atoms with van der Waals surface area (Å²) < 4.78 is 0.894. The Morgan fingerprint density at radius 2 is 1.96 bits per heavy atom. The second kappa shape index (κ2) is 7.72. The van der Waals surface area contributed by atoms with Crippen molar-refractivity contribution in [2.75, 3.05) is 26.2 Å². The van der Waals surface area contributed by atoms with Gasteiger partial charge in [-0.05, 0) is 24.6 Å². The lowest BCUT2D eigenvalue weighted by molar-refractivity contribution is -0.655. The molecule has 1 heterocycles. The number of halogens is 1. The van der Waals surface area contributed by atoms with Crippen LogP contribution in [0.5, 0.6) is 0 Å². The van der Waals surface area contributed by atoms with Crippen molar-refractivity contribution in [3.63, 3.8) is 0 Å². The molecule has 0 saturated carbocycles. The Morgan fingerprint density at radius 1 is 1.30 bits per heavy atom. The summed E-state index contributed by atoms with van der Waals surface area (Å²) >= 11 is 3.36. The Balaban J connectivity index is 2.31. The van der Waals surface area contributed by atoms with Crippen molar-refractivity contribution in [3.8, 4) is 0 Å². The molecule has 0 aliphatic carbocycles. The average Bonchev–Trinajstić information content (AvgIpc) is 2.77. The van der Waals surface area contributed by atoms with Crippen LogP contribution in [0.25, 0.3) is 0 Å². The molecule has 1 atom stereocenters. The Bertz CT molecular complexity index is 627. The standard InChI is InChI=1S/C16H19BrN2O4/c1-10(21)13-14(11-2-4-12(17)5-3-11)19(16(23)15(13)22)8-6-18-7-9-20/h2-5,14,18,20,22H,6-9H2,1H3/p+1/t14-/m0/s1. The third kappa shape index (κ3) is 3.80. The number of aliphatic hydroxyl groups excluding tert-OH is 2. The fraction of sp³-hybridized carbons (Fsp3) is 0.375. The molecule has 0 saturated heterocycles. The summed E-state index contributed by atoms with van der Waals surface area (Å²) in [4.78, 5) is 25.8. The number of nitrogens with two attached hydrogens (primary N) is 1. The number of Topliss-reactive ketones (excluding diaryl/α,β-unsaturated/α-hetero) is 1. The number of carbonyl (C=O) groups is 2. The normalized spacial score (nSPS) is 18.0. The number of benzene rings is 1. The van der Waals surface area contributed by atoms with E-state index in [-0.39, 0.29) is 18.0 Å². The molecule has 2 rings (SSSR count). The summed E-state index contributed by atoms with van der Waals surface area (Å²) in [6.45, 7) is 2.92. The SMILES string of the molecule is CC(=O)C1=C(O)C(=O)N(CC[NH2+]CCO)[C@H]1c1ccc(Br)cc1. The molecule has 0 radical (unpaired) electrons. The first-order valence-electron chi connectivity index (χ1n) is 7.40. The lowest BCUT2D eigenvalue weighted by Crippen LogP contribution is -2.86. The van der Waals surface area contributed by atoms with Crippen molar-refractivity contribution in [1.29, 1.82) is 0 Å². The highest BCUT2D eigenvalue weighted by Crippen LogP contribution is 2.37. The molecule has 7 heteroatoms. The smallest absolute Gasteiger partial charge is 0.290 e. The van der Waals surface area contributed by atoms with E-state index in [2.05, 4.69) is 15.9 Å². The second-order valence-electron chi connectivity index (χ2n) is 5.36. The molecular formula is C16H20BrN2O4+. The van der Waals surface area contributed by atoms with E-state index in [9.17, 15) is 14.7 Å². The van der Waals surface area contributed by atoms with Gasteiger partial charge in [0.2, 0.25) is 0 Å². The van der Waals surface area contributed by atoms with Crippen LogP contribution in [0.15, 0.2) is 40.1 Å². The Hall–Kier alpha value is -1.70. The van der Waals surface area contributed by atoms with E-state index in [1.165, 1.54) is 11.8 Å². The van der Waals surface area contributed by atoms with Gasteiger partial charge in [-0.25, -0.2) is 0 Å². The van der Waals surface area contributed by atoms with Gasteiger partial charge in [-0.15, -0.1) is 0 Å². The Labute approximate surface area is 142 Å². The summed E-state index contributed by atoms with van der Waals surface area (Å²) in [6, 6.07) is 6.75. The van der Waals surface area contributed by atoms with Crippen LogP contribution in [-0.4, -0.2) is 53.0 Å². The number of amides is 1. The average molecular weight is 384 g/mol. The van der Waals surface area contributed by atoms with E-state index >= 15 is 0 Å². The van der Waals surface area contributed by atoms with Gasteiger partial charge in [-0.1, -0.05) is 28.1 Å². The van der Waals surface area contributed by atoms with Crippen molar-refractivity contribution in [1.82, 2.24) is 4.90 Å². The number of ketones is 1. The predicted molar refractivity (Wildman–Crippen MR) is 87.7 cm³/mol. The van der Waals surface area contributed by atoms with E-state index < -0.39 is 17.7 Å². The highest BCUT2D eigenvalue weighted by atomic mass is 79.9. The van der Waals surface area contributed by atoms with E-state index in [1.54, 1.807) is 0 Å². The zero-order chi connectivity index (χ0) is 17.0. The highest BCUT2D eigenvalue weighted by molar-refractivity contribution is 9.10. The Morgan fingerprint density at radius 3 is 2.52 bits per heavy atom. The fourth-order valence-electron chi connectivity index (χ4n) is 2.70. The van der Waals surface area contributed by atoms with Crippen molar-refractivity contribution >= 4 is 27.6 Å². The van der Waals surface area contributed by atoms with Gasteiger partial charge in [0.1, 0.15) is 0 Å². The molecule has 0 bridgehead atoms. The number of rotatable bonds is 7. The summed E-state index contributed by atoms with van der Waals surface area (Å²) in [5, 5.41) is 20.8. The van der Waals surface area contributed by atoms with Gasteiger partial charge >= 0.3 is 0 Å². The number of carbonyl (C=O) groups excluding carboxylic acids is 2. The Kier molecular flexibility index (Phi) is 5.92. The molecule has 4 N–H and O–H groups in total. The van der Waals surface area contributed by atoms with Gasteiger partial charge in [0, 0.05) is 4.47 Å². The number of quaternary nitrogens is 1. The second-order valence-corrected chi connectivity index (χ2v) is 6.28. The third-order valence-corrected chi connectivity index (χ3v) is 4.30.